The summed E-state index contributed by atoms with van der Waals surface area (Å²) >= 11 is 0. The molecule has 0 fully saturated rings. The van der Waals surface area contributed by atoms with E-state index in [1.165, 1.54) is 35.1 Å². The Morgan fingerprint density at radius 1 is 1.12 bits per heavy atom. The fourth-order valence-electron chi connectivity index (χ4n) is 3.39. The molecular weight excluding hydrogens is 421 g/mol. The number of aryl methyl sites for hydroxylation is 1. The zero-order chi connectivity index (χ0) is 22.9. The van der Waals surface area contributed by atoms with Crippen LogP contribution in [0.5, 0.6) is 5.75 Å². The molecule has 2 heterocycles. The largest absolute Gasteiger partial charge is 0.494 e. The van der Waals surface area contributed by atoms with Gasteiger partial charge in [0.2, 0.25) is 0 Å². The fraction of sp³-hybridized carbons (Fsp3) is 0.174. The van der Waals surface area contributed by atoms with Crippen LogP contribution in [0.3, 0.4) is 0 Å². The molecule has 9 heteroatoms. The second-order valence-electron chi connectivity index (χ2n) is 7.02. The lowest BCUT2D eigenvalue weighted by molar-refractivity contribution is -0.137. The summed E-state index contributed by atoms with van der Waals surface area (Å²) in [5, 5.41) is 7.32. The summed E-state index contributed by atoms with van der Waals surface area (Å²) in [6.45, 7) is 2.39. The number of nitrogens with one attached hydrogen (secondary N) is 1. The Bertz CT molecular complexity index is 1280. The molecule has 0 aliphatic heterocycles. The van der Waals surface area contributed by atoms with Gasteiger partial charge < -0.3 is 10.1 Å². The molecule has 0 aliphatic carbocycles. The van der Waals surface area contributed by atoms with Crippen LogP contribution in [0.4, 0.5) is 18.9 Å². The Morgan fingerprint density at radius 3 is 2.53 bits per heavy atom. The van der Waals surface area contributed by atoms with Crippen LogP contribution >= 0.6 is 0 Å². The number of nitrogens with zero attached hydrogens (tertiary/aromatic N) is 3. The van der Waals surface area contributed by atoms with E-state index in [-0.39, 0.29) is 16.8 Å². The summed E-state index contributed by atoms with van der Waals surface area (Å²) in [6, 6.07) is 13.3. The Labute approximate surface area is 181 Å². The predicted molar refractivity (Wildman–Crippen MR) is 115 cm³/mol. The average Bonchev–Trinajstić information content (AvgIpc) is 3.15. The SMILES string of the molecule is CCOc1ccc(NC(=O)c2cc(-c3ccccc3C(F)(F)F)nc3c2cnn3C)cc1. The van der Waals surface area contributed by atoms with Gasteiger partial charge in [0, 0.05) is 18.3 Å². The highest BCUT2D eigenvalue weighted by atomic mass is 19.4. The van der Waals surface area contributed by atoms with Crippen LogP contribution in [0.2, 0.25) is 0 Å². The van der Waals surface area contributed by atoms with E-state index in [1.54, 1.807) is 31.3 Å². The van der Waals surface area contributed by atoms with Gasteiger partial charge in [0.15, 0.2) is 5.65 Å². The number of halogens is 3. The standard InChI is InChI=1S/C23H19F3N4O2/c1-3-32-15-10-8-14(9-11-15)28-22(31)17-12-20(29-21-18(17)13-27-30(21)2)16-6-4-5-7-19(16)23(24,25)26/h4-13H,3H2,1-2H3,(H,28,31). The van der Waals surface area contributed by atoms with Crippen molar-refractivity contribution in [1.82, 2.24) is 14.8 Å². The van der Waals surface area contributed by atoms with Crippen molar-refractivity contribution < 1.29 is 22.7 Å². The Kier molecular flexibility index (Phi) is 5.56. The van der Waals surface area contributed by atoms with Crippen molar-refractivity contribution in [2.24, 2.45) is 7.05 Å². The zero-order valence-corrected chi connectivity index (χ0v) is 17.3. The van der Waals surface area contributed by atoms with Gasteiger partial charge in [0.1, 0.15) is 5.75 Å². The molecule has 1 N–H and O–H groups in total. The first-order chi connectivity index (χ1) is 15.3. The van der Waals surface area contributed by atoms with Gasteiger partial charge in [-0.1, -0.05) is 18.2 Å². The number of aromatic nitrogens is 3. The highest BCUT2D eigenvalue weighted by Crippen LogP contribution is 2.37. The van der Waals surface area contributed by atoms with E-state index in [4.69, 9.17) is 4.74 Å². The van der Waals surface area contributed by atoms with Crippen molar-refractivity contribution in [2.75, 3.05) is 11.9 Å². The number of rotatable bonds is 5. The molecule has 0 spiro atoms. The van der Waals surface area contributed by atoms with Crippen LogP contribution < -0.4 is 10.1 Å². The van der Waals surface area contributed by atoms with E-state index in [0.717, 1.165) is 6.07 Å². The number of carbonyl (C=O) groups is 1. The molecule has 0 radical (unpaired) electrons. The number of fused-ring (bicyclic) bond motifs is 1. The number of alkyl halides is 3. The normalized spacial score (nSPS) is 11.5. The fourth-order valence-corrected chi connectivity index (χ4v) is 3.39. The number of amides is 1. The van der Waals surface area contributed by atoms with Crippen LogP contribution in [-0.4, -0.2) is 27.3 Å². The number of hydrogen-bond acceptors (Lipinski definition) is 4. The topological polar surface area (TPSA) is 69.0 Å². The van der Waals surface area contributed by atoms with Crippen molar-refractivity contribution in [3.63, 3.8) is 0 Å². The molecule has 4 rings (SSSR count). The minimum absolute atomic E-state index is 0.0332. The highest BCUT2D eigenvalue weighted by molar-refractivity contribution is 6.12. The average molecular weight is 440 g/mol. The second-order valence-corrected chi connectivity index (χ2v) is 7.02. The van der Waals surface area contributed by atoms with E-state index >= 15 is 0 Å². The third kappa shape index (κ3) is 4.14. The van der Waals surface area contributed by atoms with Crippen molar-refractivity contribution >= 4 is 22.6 Å². The van der Waals surface area contributed by atoms with Crippen LogP contribution in [0.1, 0.15) is 22.8 Å². The molecule has 2 aromatic carbocycles. The summed E-state index contributed by atoms with van der Waals surface area (Å²) < 4.78 is 47.5. The first kappa shape index (κ1) is 21.4. The zero-order valence-electron chi connectivity index (χ0n) is 17.3. The number of anilines is 1. The number of pyridine rings is 1. The number of carbonyl (C=O) groups excluding carboxylic acids is 1. The van der Waals surface area contributed by atoms with Gasteiger partial charge >= 0.3 is 6.18 Å². The van der Waals surface area contributed by atoms with Crippen LogP contribution in [0, 0.1) is 0 Å². The van der Waals surface area contributed by atoms with Crippen molar-refractivity contribution in [1.29, 1.82) is 0 Å². The Morgan fingerprint density at radius 2 is 1.84 bits per heavy atom. The molecule has 1 amide bonds. The lowest BCUT2D eigenvalue weighted by Crippen LogP contribution is -2.13. The van der Waals surface area contributed by atoms with Crippen molar-refractivity contribution in [2.45, 2.75) is 13.1 Å². The van der Waals surface area contributed by atoms with E-state index in [0.29, 0.717) is 29.1 Å². The Hall–Kier alpha value is -3.88. The molecule has 0 unspecified atom stereocenters. The van der Waals surface area contributed by atoms with Crippen LogP contribution in [0.25, 0.3) is 22.3 Å². The van der Waals surface area contributed by atoms with Gasteiger partial charge in [-0.3, -0.25) is 9.48 Å². The first-order valence-corrected chi connectivity index (χ1v) is 9.81. The van der Waals surface area contributed by atoms with Gasteiger partial charge in [-0.25, -0.2) is 4.98 Å². The molecule has 0 saturated carbocycles. The highest BCUT2D eigenvalue weighted by Gasteiger charge is 2.34. The summed E-state index contributed by atoms with van der Waals surface area (Å²) in [5.74, 6) is 0.176. The molecule has 2 aromatic heterocycles. The molecule has 32 heavy (non-hydrogen) atoms. The number of hydrogen-bond donors (Lipinski definition) is 1. The summed E-state index contributed by atoms with van der Waals surface area (Å²) in [7, 11) is 1.61. The third-order valence-electron chi connectivity index (χ3n) is 4.88. The number of benzene rings is 2. The number of ether oxygens (including phenoxy) is 1. The van der Waals surface area contributed by atoms with E-state index in [2.05, 4.69) is 15.4 Å². The molecule has 0 aliphatic rings. The molecule has 0 saturated heterocycles. The van der Waals surface area contributed by atoms with Gasteiger partial charge in [0.25, 0.3) is 5.91 Å². The van der Waals surface area contributed by atoms with Gasteiger partial charge in [-0.2, -0.15) is 18.3 Å². The second kappa shape index (κ2) is 8.33. The molecular formula is C23H19F3N4O2. The monoisotopic (exact) mass is 440 g/mol. The lowest BCUT2D eigenvalue weighted by Gasteiger charge is -2.14. The lowest BCUT2D eigenvalue weighted by atomic mass is 10.0. The smallest absolute Gasteiger partial charge is 0.417 e. The maximum absolute atomic E-state index is 13.6. The third-order valence-corrected chi connectivity index (χ3v) is 4.88. The summed E-state index contributed by atoms with van der Waals surface area (Å²) in [6.07, 6.45) is -3.10. The quantitative estimate of drug-likeness (QED) is 0.457. The van der Waals surface area contributed by atoms with Crippen LogP contribution in [0.15, 0.2) is 60.8 Å². The van der Waals surface area contributed by atoms with Gasteiger partial charge in [0.05, 0.1) is 35.0 Å². The molecule has 164 valence electrons. The van der Waals surface area contributed by atoms with Gasteiger partial charge in [-0.05, 0) is 43.3 Å². The Balaban J connectivity index is 1.78. The predicted octanol–water partition coefficient (Wildman–Crippen LogP) is 5.31. The van der Waals surface area contributed by atoms with E-state index < -0.39 is 17.6 Å². The van der Waals surface area contributed by atoms with E-state index in [9.17, 15) is 18.0 Å². The van der Waals surface area contributed by atoms with Gasteiger partial charge in [-0.15, -0.1) is 0 Å². The maximum atomic E-state index is 13.6. The maximum Gasteiger partial charge on any atom is 0.417 e. The summed E-state index contributed by atoms with van der Waals surface area (Å²) in [5.41, 5.74) is 0.0841. The first-order valence-electron chi connectivity index (χ1n) is 9.81. The minimum Gasteiger partial charge on any atom is -0.494 e. The molecule has 4 aromatic rings. The van der Waals surface area contributed by atoms with E-state index in [1.807, 2.05) is 6.92 Å². The summed E-state index contributed by atoms with van der Waals surface area (Å²) in [4.78, 5) is 17.4. The molecule has 6 nitrogen and oxygen atoms in total. The molecule has 0 atom stereocenters. The molecule has 0 bridgehead atoms. The van der Waals surface area contributed by atoms with Crippen molar-refractivity contribution in [3.05, 3.63) is 71.9 Å². The van der Waals surface area contributed by atoms with Crippen molar-refractivity contribution in [3.8, 4) is 17.0 Å². The van der Waals surface area contributed by atoms with Crippen LogP contribution in [-0.2, 0) is 13.2 Å². The minimum atomic E-state index is -4.57.